The molecule has 0 aliphatic carbocycles. The summed E-state index contributed by atoms with van der Waals surface area (Å²) in [5.74, 6) is -0.283. The normalized spacial score (nSPS) is 20.2. The van der Waals surface area contributed by atoms with Crippen LogP contribution in [-0.2, 0) is 4.79 Å². The fourth-order valence-electron chi connectivity index (χ4n) is 2.67. The number of rotatable bonds is 4. The highest BCUT2D eigenvalue weighted by molar-refractivity contribution is 8.01. The maximum atomic E-state index is 12.6. The number of anilines is 1. The van der Waals surface area contributed by atoms with Crippen molar-refractivity contribution in [3.05, 3.63) is 59.7 Å². The van der Waals surface area contributed by atoms with Crippen molar-refractivity contribution >= 4 is 29.3 Å². The Kier molecular flexibility index (Phi) is 4.49. The SMILES string of the molecule is COc1ccc([C@@H]2S[C@@H](C)C(=O)N2c2cccc(C(=O)O)c2)cc1. The summed E-state index contributed by atoms with van der Waals surface area (Å²) in [5, 5.41) is 8.81. The average molecular weight is 343 g/mol. The predicted octanol–water partition coefficient (Wildman–Crippen LogP) is 3.56. The Labute approximate surface area is 144 Å². The number of nitrogens with zero attached hydrogens (tertiary/aromatic N) is 1. The molecule has 124 valence electrons. The molecule has 0 bridgehead atoms. The molecule has 1 amide bonds. The first-order valence-electron chi connectivity index (χ1n) is 7.47. The van der Waals surface area contributed by atoms with Gasteiger partial charge in [-0.3, -0.25) is 9.69 Å². The predicted molar refractivity (Wildman–Crippen MR) is 93.7 cm³/mol. The highest BCUT2D eigenvalue weighted by Gasteiger charge is 2.39. The van der Waals surface area contributed by atoms with Crippen molar-refractivity contribution in [2.24, 2.45) is 0 Å². The molecule has 1 N–H and O–H groups in total. The second-order valence-corrected chi connectivity index (χ2v) is 6.89. The summed E-state index contributed by atoms with van der Waals surface area (Å²) in [5.41, 5.74) is 1.73. The molecule has 2 aromatic carbocycles. The lowest BCUT2D eigenvalue weighted by Gasteiger charge is -2.24. The second-order valence-electron chi connectivity index (χ2n) is 5.47. The van der Waals surface area contributed by atoms with Crippen molar-refractivity contribution < 1.29 is 19.4 Å². The van der Waals surface area contributed by atoms with Crippen LogP contribution in [0.1, 0.15) is 28.2 Å². The number of amides is 1. The van der Waals surface area contributed by atoms with Gasteiger partial charge in [-0.05, 0) is 42.8 Å². The molecule has 1 heterocycles. The maximum Gasteiger partial charge on any atom is 0.335 e. The van der Waals surface area contributed by atoms with Gasteiger partial charge in [-0.25, -0.2) is 4.79 Å². The van der Waals surface area contributed by atoms with Crippen LogP contribution in [0, 0.1) is 0 Å². The van der Waals surface area contributed by atoms with Crippen LogP contribution in [0.4, 0.5) is 5.69 Å². The Balaban J connectivity index is 2.00. The van der Waals surface area contributed by atoms with Crippen LogP contribution in [0.3, 0.4) is 0 Å². The average Bonchev–Trinajstić information content (AvgIpc) is 2.90. The number of carboxylic acid groups (broad SMARTS) is 1. The van der Waals surface area contributed by atoms with E-state index in [9.17, 15) is 14.7 Å². The first kappa shape index (κ1) is 16.4. The molecule has 1 saturated heterocycles. The monoisotopic (exact) mass is 343 g/mol. The van der Waals surface area contributed by atoms with Crippen LogP contribution in [-0.4, -0.2) is 29.3 Å². The third-order valence-corrected chi connectivity index (χ3v) is 5.28. The van der Waals surface area contributed by atoms with Crippen molar-refractivity contribution in [2.45, 2.75) is 17.5 Å². The van der Waals surface area contributed by atoms with E-state index in [4.69, 9.17) is 4.74 Å². The van der Waals surface area contributed by atoms with Crippen LogP contribution in [0.2, 0.25) is 0 Å². The number of carboxylic acids is 1. The van der Waals surface area contributed by atoms with Gasteiger partial charge in [0.15, 0.2) is 0 Å². The van der Waals surface area contributed by atoms with Gasteiger partial charge in [-0.1, -0.05) is 18.2 Å². The number of thioether (sulfide) groups is 1. The largest absolute Gasteiger partial charge is 0.497 e. The molecule has 0 unspecified atom stereocenters. The number of hydrogen-bond acceptors (Lipinski definition) is 4. The summed E-state index contributed by atoms with van der Waals surface area (Å²) in [6, 6.07) is 14.0. The van der Waals surface area contributed by atoms with Crippen LogP contribution in [0.5, 0.6) is 5.75 Å². The van der Waals surface area contributed by atoms with Crippen molar-refractivity contribution in [3.63, 3.8) is 0 Å². The summed E-state index contributed by atoms with van der Waals surface area (Å²) in [6.45, 7) is 1.87. The van der Waals surface area contributed by atoms with E-state index in [0.717, 1.165) is 11.3 Å². The number of hydrogen-bond donors (Lipinski definition) is 1. The molecule has 1 aliphatic heterocycles. The van der Waals surface area contributed by atoms with Crippen LogP contribution >= 0.6 is 11.8 Å². The highest BCUT2D eigenvalue weighted by atomic mass is 32.2. The van der Waals surface area contributed by atoms with Crippen molar-refractivity contribution in [2.75, 3.05) is 12.0 Å². The number of ether oxygens (including phenoxy) is 1. The first-order valence-corrected chi connectivity index (χ1v) is 8.41. The van der Waals surface area contributed by atoms with Crippen LogP contribution in [0.15, 0.2) is 48.5 Å². The van der Waals surface area contributed by atoms with E-state index in [0.29, 0.717) is 5.69 Å². The van der Waals surface area contributed by atoms with Crippen LogP contribution < -0.4 is 9.64 Å². The van der Waals surface area contributed by atoms with Gasteiger partial charge in [0.2, 0.25) is 5.91 Å². The van der Waals surface area contributed by atoms with Gasteiger partial charge in [0.05, 0.1) is 17.9 Å². The van der Waals surface area contributed by atoms with Gasteiger partial charge in [0.25, 0.3) is 0 Å². The van der Waals surface area contributed by atoms with E-state index >= 15 is 0 Å². The molecular formula is C18H17NO4S. The van der Waals surface area contributed by atoms with E-state index in [1.54, 1.807) is 35.9 Å². The zero-order valence-electron chi connectivity index (χ0n) is 13.3. The minimum atomic E-state index is -1.01. The van der Waals surface area contributed by atoms with E-state index < -0.39 is 5.97 Å². The van der Waals surface area contributed by atoms with Crippen LogP contribution in [0.25, 0.3) is 0 Å². The topological polar surface area (TPSA) is 66.8 Å². The fourth-order valence-corrected chi connectivity index (χ4v) is 3.95. The zero-order valence-corrected chi connectivity index (χ0v) is 14.1. The van der Waals surface area contributed by atoms with Gasteiger partial charge in [-0.15, -0.1) is 11.8 Å². The number of aromatic carboxylic acids is 1. The lowest BCUT2D eigenvalue weighted by molar-refractivity contribution is -0.117. The Morgan fingerprint density at radius 1 is 1.21 bits per heavy atom. The quantitative estimate of drug-likeness (QED) is 0.919. The van der Waals surface area contributed by atoms with Gasteiger partial charge in [-0.2, -0.15) is 0 Å². The first-order chi connectivity index (χ1) is 11.5. The summed E-state index contributed by atoms with van der Waals surface area (Å²) < 4.78 is 5.18. The molecule has 5 nitrogen and oxygen atoms in total. The fraction of sp³-hybridized carbons (Fsp3) is 0.222. The summed E-state index contributed by atoms with van der Waals surface area (Å²) in [6.07, 6.45) is 0. The van der Waals surface area contributed by atoms with E-state index in [2.05, 4.69) is 0 Å². The molecular weight excluding hydrogens is 326 g/mol. The minimum absolute atomic E-state index is 0.0247. The Bertz CT molecular complexity index is 775. The Hall–Kier alpha value is -2.47. The van der Waals surface area contributed by atoms with Gasteiger partial charge >= 0.3 is 5.97 Å². The summed E-state index contributed by atoms with van der Waals surface area (Å²) in [4.78, 5) is 25.5. The Morgan fingerprint density at radius 2 is 1.92 bits per heavy atom. The summed E-state index contributed by atoms with van der Waals surface area (Å²) in [7, 11) is 1.61. The molecule has 0 aromatic heterocycles. The number of carbonyl (C=O) groups is 2. The van der Waals surface area contributed by atoms with Gasteiger partial charge in [0.1, 0.15) is 11.1 Å². The lowest BCUT2D eigenvalue weighted by Crippen LogP contribution is -2.30. The van der Waals surface area contributed by atoms with E-state index in [1.165, 1.54) is 12.1 Å². The van der Waals surface area contributed by atoms with Gasteiger partial charge < -0.3 is 9.84 Å². The third kappa shape index (κ3) is 2.97. The standard InChI is InChI=1S/C18H17NO4S/c1-11-16(20)19(14-5-3-4-13(10-14)18(21)22)17(24-11)12-6-8-15(23-2)9-7-12/h3-11,17H,1-2H3,(H,21,22)/t11-,17-/m0/s1. The molecule has 2 aromatic rings. The van der Waals surface area contributed by atoms with Gasteiger partial charge in [0, 0.05) is 5.69 Å². The number of benzene rings is 2. The molecule has 3 rings (SSSR count). The zero-order chi connectivity index (χ0) is 17.3. The van der Waals surface area contributed by atoms with E-state index in [-0.39, 0.29) is 22.1 Å². The van der Waals surface area contributed by atoms with Crippen molar-refractivity contribution in [1.29, 1.82) is 0 Å². The van der Waals surface area contributed by atoms with Crippen molar-refractivity contribution in [3.8, 4) is 5.75 Å². The van der Waals surface area contributed by atoms with E-state index in [1.807, 2.05) is 31.2 Å². The van der Waals surface area contributed by atoms with Crippen molar-refractivity contribution in [1.82, 2.24) is 0 Å². The molecule has 6 heteroatoms. The maximum absolute atomic E-state index is 12.6. The molecule has 1 fully saturated rings. The summed E-state index contributed by atoms with van der Waals surface area (Å²) >= 11 is 1.55. The molecule has 1 aliphatic rings. The third-order valence-electron chi connectivity index (χ3n) is 3.92. The smallest absolute Gasteiger partial charge is 0.335 e. The molecule has 0 saturated carbocycles. The second kappa shape index (κ2) is 6.57. The molecule has 0 radical (unpaired) electrons. The highest BCUT2D eigenvalue weighted by Crippen LogP contribution is 2.45. The molecule has 0 spiro atoms. The Morgan fingerprint density at radius 3 is 2.54 bits per heavy atom. The number of carbonyl (C=O) groups excluding carboxylic acids is 1. The lowest BCUT2D eigenvalue weighted by atomic mass is 10.1. The number of methoxy groups -OCH3 is 1. The molecule has 2 atom stereocenters. The minimum Gasteiger partial charge on any atom is -0.497 e. The molecule has 24 heavy (non-hydrogen) atoms.